The number of rotatable bonds is 7. The normalized spacial score (nSPS) is 18.8. The molecule has 94 valence electrons. The van der Waals surface area contributed by atoms with Crippen molar-refractivity contribution in [2.75, 3.05) is 39.3 Å². The Morgan fingerprint density at radius 2 is 2.00 bits per heavy atom. The van der Waals surface area contributed by atoms with Crippen molar-refractivity contribution in [1.29, 1.82) is 0 Å². The molecule has 0 amide bonds. The van der Waals surface area contributed by atoms with Gasteiger partial charge in [0.05, 0.1) is 19.6 Å². The molecule has 1 aliphatic heterocycles. The van der Waals surface area contributed by atoms with Crippen LogP contribution >= 0.6 is 0 Å². The second-order valence-electron chi connectivity index (χ2n) is 4.67. The number of carboxylic acids is 1. The summed E-state index contributed by atoms with van der Waals surface area (Å²) in [5, 5.41) is 10.2. The number of piperazine rings is 1. The summed E-state index contributed by atoms with van der Waals surface area (Å²) in [4.78, 5) is 14.4. The van der Waals surface area contributed by atoms with E-state index in [1.807, 2.05) is 0 Å². The van der Waals surface area contributed by atoms with Gasteiger partial charge in [-0.3, -0.25) is 4.90 Å². The van der Waals surface area contributed by atoms with Crippen molar-refractivity contribution in [3.63, 3.8) is 0 Å². The van der Waals surface area contributed by atoms with Gasteiger partial charge in [-0.1, -0.05) is 6.92 Å². The third kappa shape index (κ3) is 5.47. The van der Waals surface area contributed by atoms with E-state index in [2.05, 4.69) is 11.8 Å². The first-order chi connectivity index (χ1) is 7.72. The van der Waals surface area contributed by atoms with Crippen LogP contribution in [0.4, 0.5) is 0 Å². The third-order valence-corrected chi connectivity index (χ3v) is 3.26. The summed E-state index contributed by atoms with van der Waals surface area (Å²) in [7, 11) is 0. The molecule has 4 heteroatoms. The molecule has 4 nitrogen and oxygen atoms in total. The van der Waals surface area contributed by atoms with E-state index in [4.69, 9.17) is 0 Å². The molecule has 0 aromatic carbocycles. The summed E-state index contributed by atoms with van der Waals surface area (Å²) in [5.74, 6) is -0.914. The van der Waals surface area contributed by atoms with E-state index in [9.17, 15) is 9.90 Å². The number of nitrogens with zero attached hydrogens (tertiary/aromatic N) is 1. The fraction of sp³-hybridized carbons (Fsp3) is 0.917. The molecule has 0 aromatic rings. The van der Waals surface area contributed by atoms with Crippen molar-refractivity contribution in [3.8, 4) is 0 Å². The van der Waals surface area contributed by atoms with Gasteiger partial charge in [0, 0.05) is 19.1 Å². The van der Waals surface area contributed by atoms with Gasteiger partial charge in [-0.05, 0) is 32.2 Å². The average Bonchev–Trinajstić information content (AvgIpc) is 2.27. The average molecular weight is 228 g/mol. The number of hydrogen-bond donors (Lipinski definition) is 1. The lowest BCUT2D eigenvalue weighted by molar-refractivity contribution is -0.904. The highest BCUT2D eigenvalue weighted by molar-refractivity contribution is 5.63. The zero-order chi connectivity index (χ0) is 11.8. The van der Waals surface area contributed by atoms with Crippen LogP contribution in [0.25, 0.3) is 0 Å². The number of unbranched alkanes of at least 4 members (excludes halogenated alkanes) is 1. The Bertz CT molecular complexity index is 201. The van der Waals surface area contributed by atoms with Crippen LogP contribution in [0.3, 0.4) is 0 Å². The number of carbonyl (C=O) groups excluding carboxylic acids is 1. The quantitative estimate of drug-likeness (QED) is 0.541. The zero-order valence-corrected chi connectivity index (χ0v) is 10.3. The number of carboxylic acid groups (broad SMARTS) is 1. The van der Waals surface area contributed by atoms with Gasteiger partial charge in [0.15, 0.2) is 0 Å². The van der Waals surface area contributed by atoms with Gasteiger partial charge >= 0.3 is 0 Å². The second kappa shape index (κ2) is 7.63. The minimum atomic E-state index is -0.914. The first-order valence-corrected chi connectivity index (χ1v) is 6.48. The maximum absolute atomic E-state index is 10.2. The molecular weight excluding hydrogens is 204 g/mol. The Hall–Kier alpha value is -0.610. The molecule has 1 heterocycles. The lowest BCUT2D eigenvalue weighted by Gasteiger charge is -2.31. The highest BCUT2D eigenvalue weighted by atomic mass is 16.4. The summed E-state index contributed by atoms with van der Waals surface area (Å²) in [6.07, 6.45) is 3.23. The maximum atomic E-state index is 10.2. The Labute approximate surface area is 98.2 Å². The van der Waals surface area contributed by atoms with Crippen LogP contribution in [0.2, 0.25) is 0 Å². The molecule has 1 rings (SSSR count). The van der Waals surface area contributed by atoms with E-state index in [1.54, 1.807) is 4.90 Å². The van der Waals surface area contributed by atoms with Gasteiger partial charge in [0.2, 0.25) is 0 Å². The monoisotopic (exact) mass is 228 g/mol. The number of hydrogen-bond acceptors (Lipinski definition) is 3. The molecule has 0 aromatic heterocycles. The van der Waals surface area contributed by atoms with E-state index >= 15 is 0 Å². The highest BCUT2D eigenvalue weighted by Gasteiger charge is 2.18. The van der Waals surface area contributed by atoms with Crippen LogP contribution in [0.5, 0.6) is 0 Å². The molecule has 0 bridgehead atoms. The standard InChI is InChI=1S/C12H24N2O2/c1-2-6-13-8-10-14(11-9-13)7-4-3-5-12(15)16/h2-11H2,1H3,(H,15,16). The van der Waals surface area contributed by atoms with Crippen LogP contribution in [0, 0.1) is 0 Å². The molecule has 0 radical (unpaired) electrons. The van der Waals surface area contributed by atoms with Crippen molar-refractivity contribution in [2.45, 2.75) is 32.6 Å². The minimum absolute atomic E-state index is 0.217. The molecule has 0 spiro atoms. The zero-order valence-electron chi connectivity index (χ0n) is 10.3. The van der Waals surface area contributed by atoms with Gasteiger partial charge in [0.1, 0.15) is 0 Å². The predicted octanol–water partition coefficient (Wildman–Crippen LogP) is -1.48. The summed E-state index contributed by atoms with van der Waals surface area (Å²) in [5.41, 5.74) is 0. The first kappa shape index (κ1) is 13.5. The van der Waals surface area contributed by atoms with Crippen LogP contribution in [0.15, 0.2) is 0 Å². The molecular formula is C12H24N2O2. The maximum Gasteiger partial charge on any atom is 0.0900 e. The summed E-state index contributed by atoms with van der Waals surface area (Å²) < 4.78 is 0. The van der Waals surface area contributed by atoms with Crippen LogP contribution in [0.1, 0.15) is 32.6 Å². The SMILES string of the molecule is CCCN1CC[NH+](CCCCC(=O)[O-])CC1. The molecule has 0 aliphatic carbocycles. The lowest BCUT2D eigenvalue weighted by atomic mass is 10.2. The van der Waals surface area contributed by atoms with Crippen LogP contribution < -0.4 is 10.0 Å². The molecule has 0 saturated carbocycles. The van der Waals surface area contributed by atoms with Gasteiger partial charge < -0.3 is 14.8 Å². The summed E-state index contributed by atoms with van der Waals surface area (Å²) in [6.45, 7) is 9.38. The number of nitrogens with one attached hydrogen (secondary N) is 1. The Morgan fingerprint density at radius 1 is 1.31 bits per heavy atom. The molecule has 0 atom stereocenters. The predicted molar refractivity (Wildman–Crippen MR) is 61.2 cm³/mol. The number of carbonyl (C=O) groups is 1. The number of quaternary nitrogens is 1. The number of aliphatic carboxylic acids is 1. The van der Waals surface area contributed by atoms with E-state index in [-0.39, 0.29) is 6.42 Å². The van der Waals surface area contributed by atoms with Crippen molar-refractivity contribution in [1.82, 2.24) is 4.90 Å². The fourth-order valence-corrected chi connectivity index (χ4v) is 2.30. The Kier molecular flexibility index (Phi) is 6.42. The topological polar surface area (TPSA) is 47.8 Å². The molecule has 1 fully saturated rings. The second-order valence-corrected chi connectivity index (χ2v) is 4.67. The largest absolute Gasteiger partial charge is 0.550 e. The lowest BCUT2D eigenvalue weighted by Crippen LogP contribution is -3.14. The van der Waals surface area contributed by atoms with E-state index < -0.39 is 5.97 Å². The molecule has 1 N–H and O–H groups in total. The summed E-state index contributed by atoms with van der Waals surface area (Å²) >= 11 is 0. The minimum Gasteiger partial charge on any atom is -0.550 e. The highest BCUT2D eigenvalue weighted by Crippen LogP contribution is 1.93. The van der Waals surface area contributed by atoms with E-state index in [0.717, 1.165) is 19.4 Å². The Morgan fingerprint density at radius 3 is 2.56 bits per heavy atom. The van der Waals surface area contributed by atoms with Gasteiger partial charge in [-0.25, -0.2) is 0 Å². The Balaban J connectivity index is 2.01. The smallest absolute Gasteiger partial charge is 0.0900 e. The van der Waals surface area contributed by atoms with Gasteiger partial charge in [-0.2, -0.15) is 0 Å². The van der Waals surface area contributed by atoms with E-state index in [1.165, 1.54) is 39.1 Å². The first-order valence-electron chi connectivity index (χ1n) is 6.48. The molecule has 1 aliphatic rings. The van der Waals surface area contributed by atoms with Crippen molar-refractivity contribution < 1.29 is 14.8 Å². The van der Waals surface area contributed by atoms with E-state index in [0.29, 0.717) is 0 Å². The van der Waals surface area contributed by atoms with Crippen molar-refractivity contribution in [3.05, 3.63) is 0 Å². The van der Waals surface area contributed by atoms with Crippen molar-refractivity contribution >= 4 is 5.97 Å². The van der Waals surface area contributed by atoms with Gasteiger partial charge in [0.25, 0.3) is 0 Å². The molecule has 1 saturated heterocycles. The summed E-state index contributed by atoms with van der Waals surface area (Å²) in [6, 6.07) is 0. The molecule has 0 unspecified atom stereocenters. The third-order valence-electron chi connectivity index (χ3n) is 3.26. The van der Waals surface area contributed by atoms with Crippen LogP contribution in [-0.2, 0) is 4.79 Å². The fourth-order valence-electron chi connectivity index (χ4n) is 2.30. The van der Waals surface area contributed by atoms with Crippen molar-refractivity contribution in [2.24, 2.45) is 0 Å². The van der Waals surface area contributed by atoms with Gasteiger partial charge in [-0.15, -0.1) is 0 Å². The molecule has 16 heavy (non-hydrogen) atoms. The van der Waals surface area contributed by atoms with Crippen LogP contribution in [-0.4, -0.2) is 50.1 Å².